The molecule has 114 valence electrons. The molecule has 1 unspecified atom stereocenters. The molecule has 0 aliphatic heterocycles. The Morgan fingerprint density at radius 3 is 2.50 bits per heavy atom. The molecule has 20 heavy (non-hydrogen) atoms. The van der Waals surface area contributed by atoms with Gasteiger partial charge in [0.1, 0.15) is 4.88 Å². The molecular weight excluding hydrogens is 311 g/mol. The first-order valence-corrected chi connectivity index (χ1v) is 8.91. The summed E-state index contributed by atoms with van der Waals surface area (Å²) in [6, 6.07) is 1.06. The molecule has 8 heteroatoms. The summed E-state index contributed by atoms with van der Waals surface area (Å²) in [7, 11) is -3.20. The average molecular weight is 327 g/mol. The van der Waals surface area contributed by atoms with Crippen LogP contribution in [0.1, 0.15) is 30.2 Å². The van der Waals surface area contributed by atoms with Crippen LogP contribution in [0.25, 0.3) is 0 Å². The van der Waals surface area contributed by atoms with Crippen molar-refractivity contribution in [1.82, 2.24) is 5.32 Å². The van der Waals surface area contributed by atoms with Gasteiger partial charge in [0.15, 0.2) is 9.84 Å². The summed E-state index contributed by atoms with van der Waals surface area (Å²) in [5.74, 6) is 0. The van der Waals surface area contributed by atoms with Gasteiger partial charge in [-0.3, -0.25) is 0 Å². The van der Waals surface area contributed by atoms with Crippen LogP contribution in [-0.2, 0) is 22.6 Å². The van der Waals surface area contributed by atoms with Gasteiger partial charge in [-0.05, 0) is 36.8 Å². The minimum atomic E-state index is -4.36. The first-order valence-electron chi connectivity index (χ1n) is 6.14. The zero-order valence-electron chi connectivity index (χ0n) is 11.1. The van der Waals surface area contributed by atoms with Gasteiger partial charge in [0, 0.05) is 18.8 Å². The van der Waals surface area contributed by atoms with Crippen molar-refractivity contribution >= 4 is 21.2 Å². The van der Waals surface area contributed by atoms with Crippen LogP contribution in [0.2, 0.25) is 0 Å². The summed E-state index contributed by atoms with van der Waals surface area (Å²) < 4.78 is 60.8. The topological polar surface area (TPSA) is 46.2 Å². The summed E-state index contributed by atoms with van der Waals surface area (Å²) in [5, 5.41) is 4.33. The van der Waals surface area contributed by atoms with Crippen molar-refractivity contribution in [3.8, 4) is 0 Å². The first-order chi connectivity index (χ1) is 9.08. The van der Waals surface area contributed by atoms with E-state index in [2.05, 4.69) is 5.32 Å². The van der Waals surface area contributed by atoms with Crippen molar-refractivity contribution in [3.63, 3.8) is 0 Å². The second-order valence-corrected chi connectivity index (χ2v) is 8.49. The lowest BCUT2D eigenvalue weighted by Gasteiger charge is -2.23. The minimum absolute atomic E-state index is 0.0246. The SMILES string of the molecule is CC(NCc1ccsc1C(F)(F)F)C1(S(C)(=O)=O)CC1. The Balaban J connectivity index is 2.06. The van der Waals surface area contributed by atoms with E-state index in [1.54, 1.807) is 6.92 Å². The van der Waals surface area contributed by atoms with Crippen molar-refractivity contribution < 1.29 is 21.6 Å². The fraction of sp³-hybridized carbons (Fsp3) is 0.667. The van der Waals surface area contributed by atoms with Crippen LogP contribution < -0.4 is 5.32 Å². The number of hydrogen-bond donors (Lipinski definition) is 1. The van der Waals surface area contributed by atoms with Crippen LogP contribution in [0, 0.1) is 0 Å². The predicted octanol–water partition coefficient (Wildman–Crippen LogP) is 2.82. The molecule has 1 heterocycles. The highest BCUT2D eigenvalue weighted by molar-refractivity contribution is 7.92. The quantitative estimate of drug-likeness (QED) is 0.904. The van der Waals surface area contributed by atoms with Crippen LogP contribution in [0.15, 0.2) is 11.4 Å². The van der Waals surface area contributed by atoms with E-state index in [0.717, 1.165) is 0 Å². The molecule has 2 rings (SSSR count). The van der Waals surface area contributed by atoms with Gasteiger partial charge >= 0.3 is 6.18 Å². The Bertz CT molecular complexity index is 588. The molecule has 1 fully saturated rings. The number of sulfone groups is 1. The Morgan fingerprint density at radius 1 is 1.45 bits per heavy atom. The molecule has 1 saturated carbocycles. The van der Waals surface area contributed by atoms with Gasteiger partial charge in [-0.25, -0.2) is 8.42 Å². The molecule has 0 bridgehead atoms. The van der Waals surface area contributed by atoms with E-state index in [-0.39, 0.29) is 18.2 Å². The number of nitrogens with one attached hydrogen (secondary N) is 1. The van der Waals surface area contributed by atoms with E-state index in [1.807, 2.05) is 0 Å². The highest BCUT2D eigenvalue weighted by Gasteiger charge is 2.55. The van der Waals surface area contributed by atoms with Gasteiger partial charge in [0.2, 0.25) is 0 Å². The second-order valence-electron chi connectivity index (χ2n) is 5.21. The van der Waals surface area contributed by atoms with E-state index in [4.69, 9.17) is 0 Å². The molecule has 1 aliphatic rings. The summed E-state index contributed by atoms with van der Waals surface area (Å²) in [6.07, 6.45) is -2.04. The maximum Gasteiger partial charge on any atom is 0.425 e. The molecule has 1 aromatic rings. The van der Waals surface area contributed by atoms with Crippen LogP contribution in [0.5, 0.6) is 0 Å². The summed E-state index contributed by atoms with van der Waals surface area (Å²) >= 11 is 0.654. The first kappa shape index (κ1) is 15.8. The van der Waals surface area contributed by atoms with Gasteiger partial charge in [0.25, 0.3) is 0 Å². The number of halogens is 3. The van der Waals surface area contributed by atoms with E-state index < -0.39 is 25.6 Å². The summed E-state index contributed by atoms with van der Waals surface area (Å²) in [5.41, 5.74) is 0.165. The lowest BCUT2D eigenvalue weighted by atomic mass is 10.2. The molecule has 0 amide bonds. The smallest absolute Gasteiger partial charge is 0.309 e. The molecule has 1 N–H and O–H groups in total. The summed E-state index contributed by atoms with van der Waals surface area (Å²) in [4.78, 5) is -0.624. The third kappa shape index (κ3) is 2.87. The van der Waals surface area contributed by atoms with E-state index in [0.29, 0.717) is 24.2 Å². The molecule has 0 radical (unpaired) electrons. The van der Waals surface area contributed by atoms with Crippen molar-refractivity contribution in [2.24, 2.45) is 0 Å². The molecule has 3 nitrogen and oxygen atoms in total. The number of alkyl halides is 3. The predicted molar refractivity (Wildman–Crippen MR) is 72.4 cm³/mol. The van der Waals surface area contributed by atoms with Crippen LogP contribution in [0.3, 0.4) is 0 Å². The largest absolute Gasteiger partial charge is 0.425 e. The minimum Gasteiger partial charge on any atom is -0.309 e. The van der Waals surface area contributed by atoms with Gasteiger partial charge in [-0.2, -0.15) is 13.2 Å². The molecule has 1 atom stereocenters. The zero-order chi connectivity index (χ0) is 15.2. The maximum absolute atomic E-state index is 12.7. The van der Waals surface area contributed by atoms with Crippen molar-refractivity contribution in [1.29, 1.82) is 0 Å². The number of rotatable bonds is 5. The van der Waals surface area contributed by atoms with E-state index >= 15 is 0 Å². The lowest BCUT2D eigenvalue weighted by molar-refractivity contribution is -0.134. The normalized spacial score (nSPS) is 19.9. The fourth-order valence-electron chi connectivity index (χ4n) is 2.42. The van der Waals surface area contributed by atoms with E-state index in [9.17, 15) is 21.6 Å². The molecule has 0 saturated heterocycles. The Morgan fingerprint density at radius 2 is 2.05 bits per heavy atom. The van der Waals surface area contributed by atoms with Gasteiger partial charge < -0.3 is 5.32 Å². The van der Waals surface area contributed by atoms with Crippen LogP contribution in [0.4, 0.5) is 13.2 Å². The van der Waals surface area contributed by atoms with Crippen molar-refractivity contribution in [2.45, 2.75) is 43.3 Å². The molecule has 0 aromatic carbocycles. The number of hydrogen-bond acceptors (Lipinski definition) is 4. The Labute approximate surface area is 120 Å². The highest BCUT2D eigenvalue weighted by Crippen LogP contribution is 2.46. The Kier molecular flexibility index (Phi) is 3.94. The zero-order valence-corrected chi connectivity index (χ0v) is 12.8. The number of thiophene rings is 1. The molecule has 1 aliphatic carbocycles. The van der Waals surface area contributed by atoms with Crippen molar-refractivity contribution in [2.75, 3.05) is 6.26 Å². The van der Waals surface area contributed by atoms with Crippen LogP contribution in [-0.4, -0.2) is 25.5 Å². The van der Waals surface area contributed by atoms with Gasteiger partial charge in [0.05, 0.1) is 4.75 Å². The molecule has 1 aromatic heterocycles. The summed E-state index contributed by atoms with van der Waals surface area (Å²) in [6.45, 7) is 1.74. The average Bonchev–Trinajstić information content (AvgIpc) is 2.97. The maximum atomic E-state index is 12.7. The second kappa shape index (κ2) is 4.99. The highest BCUT2D eigenvalue weighted by atomic mass is 32.2. The standard InChI is InChI=1S/C12H16F3NO2S2/c1-8(11(4-5-11)20(2,17)18)16-7-9-3-6-19-10(9)12(13,14)15/h3,6,8,16H,4-5,7H2,1-2H3. The molecule has 0 spiro atoms. The third-order valence-corrected chi connectivity index (χ3v) is 7.11. The Hall–Kier alpha value is -0.600. The monoisotopic (exact) mass is 327 g/mol. The van der Waals surface area contributed by atoms with Crippen LogP contribution >= 0.6 is 11.3 Å². The molecular formula is C12H16F3NO2S2. The third-order valence-electron chi connectivity index (χ3n) is 3.87. The van der Waals surface area contributed by atoms with Gasteiger partial charge in [-0.1, -0.05) is 0 Å². The fourth-order valence-corrected chi connectivity index (χ4v) is 4.78. The van der Waals surface area contributed by atoms with E-state index in [1.165, 1.54) is 17.7 Å². The van der Waals surface area contributed by atoms with Crippen molar-refractivity contribution in [3.05, 3.63) is 21.9 Å². The lowest BCUT2D eigenvalue weighted by Crippen LogP contribution is -2.43. The van der Waals surface area contributed by atoms with Gasteiger partial charge in [-0.15, -0.1) is 11.3 Å².